The number of carbonyl (C=O) groups is 1. The van der Waals surface area contributed by atoms with Crippen molar-refractivity contribution >= 4 is 29.2 Å². The molecule has 2 aliphatic heterocycles. The standard InChI is InChI=1S/C28H33Cl2NO3/c1-2-3-4-18-13-23(29)27(24(30)14-18)21-16-20(21)19-5-6-22-25(15-19)34-17-28(22)8-11-31(12-9-28)10-7-26(32)33/h5-6,13-15,20-21H,2-4,7-12,16-17H2,1H3,(H,32,33). The Morgan fingerprint density at radius 1 is 1.15 bits per heavy atom. The summed E-state index contributed by atoms with van der Waals surface area (Å²) in [7, 11) is 0. The van der Waals surface area contributed by atoms with Gasteiger partial charge in [0.15, 0.2) is 0 Å². The van der Waals surface area contributed by atoms with Gasteiger partial charge in [0.1, 0.15) is 5.75 Å². The number of hydrogen-bond donors (Lipinski definition) is 1. The number of likely N-dealkylation sites (tertiary alicyclic amines) is 1. The van der Waals surface area contributed by atoms with Gasteiger partial charge >= 0.3 is 5.97 Å². The first-order chi connectivity index (χ1) is 16.4. The Balaban J connectivity index is 1.27. The molecule has 2 aromatic rings. The summed E-state index contributed by atoms with van der Waals surface area (Å²) in [4.78, 5) is 13.2. The van der Waals surface area contributed by atoms with E-state index in [9.17, 15) is 4.79 Å². The fourth-order valence-corrected chi connectivity index (χ4v) is 6.70. The van der Waals surface area contributed by atoms with Gasteiger partial charge < -0.3 is 14.7 Å². The normalized spacial score (nSPS) is 23.0. The third-order valence-corrected chi connectivity index (χ3v) is 8.71. The molecule has 0 bridgehead atoms. The van der Waals surface area contributed by atoms with Crippen molar-refractivity contribution in [1.29, 1.82) is 0 Å². The topological polar surface area (TPSA) is 49.8 Å². The maximum absolute atomic E-state index is 10.9. The van der Waals surface area contributed by atoms with Gasteiger partial charge in [-0.2, -0.15) is 0 Å². The number of nitrogens with zero attached hydrogens (tertiary/aromatic N) is 1. The zero-order valence-corrected chi connectivity index (χ0v) is 21.3. The summed E-state index contributed by atoms with van der Waals surface area (Å²) in [5, 5.41) is 10.6. The number of benzene rings is 2. The molecule has 2 heterocycles. The van der Waals surface area contributed by atoms with Gasteiger partial charge in [0, 0.05) is 27.6 Å². The molecule has 1 aliphatic carbocycles. The molecule has 1 N–H and O–H groups in total. The van der Waals surface area contributed by atoms with Crippen molar-refractivity contribution in [2.24, 2.45) is 0 Å². The lowest BCUT2D eigenvalue weighted by Gasteiger charge is -2.38. The Labute approximate surface area is 212 Å². The first-order valence-electron chi connectivity index (χ1n) is 12.6. The van der Waals surface area contributed by atoms with Crippen molar-refractivity contribution in [3.8, 4) is 5.75 Å². The van der Waals surface area contributed by atoms with Crippen molar-refractivity contribution in [1.82, 2.24) is 4.90 Å². The lowest BCUT2D eigenvalue weighted by atomic mass is 9.74. The predicted octanol–water partition coefficient (Wildman–Crippen LogP) is 6.81. The van der Waals surface area contributed by atoms with Gasteiger partial charge in [-0.3, -0.25) is 4.79 Å². The van der Waals surface area contributed by atoms with Gasteiger partial charge in [-0.05, 0) is 91.9 Å². The summed E-state index contributed by atoms with van der Waals surface area (Å²) in [6.07, 6.45) is 6.63. The fraction of sp³-hybridized carbons (Fsp3) is 0.536. The number of carboxylic acids is 1. The highest BCUT2D eigenvalue weighted by Crippen LogP contribution is 2.59. The molecule has 182 valence electrons. The Morgan fingerprint density at radius 3 is 2.56 bits per heavy atom. The number of rotatable bonds is 8. The van der Waals surface area contributed by atoms with Crippen molar-refractivity contribution in [2.45, 2.75) is 69.1 Å². The van der Waals surface area contributed by atoms with E-state index in [-0.39, 0.29) is 11.8 Å². The van der Waals surface area contributed by atoms with Crippen LogP contribution in [0.1, 0.15) is 79.5 Å². The Bertz CT molecular complexity index is 1050. The van der Waals surface area contributed by atoms with Crippen LogP contribution in [-0.2, 0) is 16.6 Å². The predicted molar refractivity (Wildman–Crippen MR) is 137 cm³/mol. The number of aryl methyl sites for hydroxylation is 1. The number of halogens is 2. The van der Waals surface area contributed by atoms with Crippen LogP contribution in [0.2, 0.25) is 10.0 Å². The number of piperidine rings is 1. The minimum Gasteiger partial charge on any atom is -0.492 e. The smallest absolute Gasteiger partial charge is 0.304 e. The molecule has 2 unspecified atom stereocenters. The number of hydrogen-bond acceptors (Lipinski definition) is 3. The molecule has 6 heteroatoms. The highest BCUT2D eigenvalue weighted by atomic mass is 35.5. The highest BCUT2D eigenvalue weighted by molar-refractivity contribution is 6.36. The van der Waals surface area contributed by atoms with Crippen LogP contribution in [0.4, 0.5) is 0 Å². The van der Waals surface area contributed by atoms with E-state index < -0.39 is 5.97 Å². The van der Waals surface area contributed by atoms with Crippen LogP contribution in [0.5, 0.6) is 5.75 Å². The van der Waals surface area contributed by atoms with Gasteiger partial charge in [-0.1, -0.05) is 48.7 Å². The van der Waals surface area contributed by atoms with Gasteiger partial charge in [0.05, 0.1) is 13.0 Å². The van der Waals surface area contributed by atoms with Gasteiger partial charge in [-0.25, -0.2) is 0 Å². The van der Waals surface area contributed by atoms with E-state index in [0.29, 0.717) is 18.4 Å². The minimum absolute atomic E-state index is 0.0669. The summed E-state index contributed by atoms with van der Waals surface area (Å²) in [5.41, 5.74) is 5.02. The summed E-state index contributed by atoms with van der Waals surface area (Å²) >= 11 is 13.4. The van der Waals surface area contributed by atoms with E-state index in [1.165, 1.54) is 16.7 Å². The van der Waals surface area contributed by atoms with Crippen LogP contribution in [-0.4, -0.2) is 42.2 Å². The van der Waals surface area contributed by atoms with Crippen LogP contribution >= 0.6 is 23.2 Å². The Kier molecular flexibility index (Phi) is 6.85. The van der Waals surface area contributed by atoms with E-state index >= 15 is 0 Å². The molecule has 2 fully saturated rings. The quantitative estimate of drug-likeness (QED) is 0.431. The summed E-state index contributed by atoms with van der Waals surface area (Å²) < 4.78 is 6.22. The van der Waals surface area contributed by atoms with Crippen LogP contribution in [0.15, 0.2) is 30.3 Å². The molecule has 0 amide bonds. The van der Waals surface area contributed by atoms with Crippen molar-refractivity contribution in [3.63, 3.8) is 0 Å². The molecule has 2 atom stereocenters. The zero-order valence-electron chi connectivity index (χ0n) is 19.8. The van der Waals surface area contributed by atoms with Crippen LogP contribution in [0.25, 0.3) is 0 Å². The average molecular weight is 502 g/mol. The number of carboxylic acid groups (broad SMARTS) is 1. The van der Waals surface area contributed by atoms with Crippen molar-refractivity contribution < 1.29 is 14.6 Å². The summed E-state index contributed by atoms with van der Waals surface area (Å²) in [5.74, 6) is 1.09. The van der Waals surface area contributed by atoms with E-state index in [1.54, 1.807) is 0 Å². The monoisotopic (exact) mass is 501 g/mol. The number of unbranched alkanes of at least 4 members (excludes halogenated alkanes) is 1. The summed E-state index contributed by atoms with van der Waals surface area (Å²) in [6.45, 7) is 5.40. The van der Waals surface area contributed by atoms with Gasteiger partial charge in [0.25, 0.3) is 0 Å². The number of ether oxygens (including phenoxy) is 1. The second kappa shape index (κ2) is 9.72. The zero-order chi connectivity index (χ0) is 23.9. The van der Waals surface area contributed by atoms with E-state index in [4.69, 9.17) is 33.0 Å². The first-order valence-corrected chi connectivity index (χ1v) is 13.3. The lowest BCUT2D eigenvalue weighted by molar-refractivity contribution is -0.137. The second-order valence-electron chi connectivity index (χ2n) is 10.3. The number of aliphatic carboxylic acids is 1. The highest BCUT2D eigenvalue weighted by Gasteiger charge is 2.45. The molecule has 2 aromatic carbocycles. The molecular formula is C28H33Cl2NO3. The Morgan fingerprint density at radius 2 is 1.88 bits per heavy atom. The SMILES string of the molecule is CCCCc1cc(Cl)c(C2CC2c2ccc3c(c2)OCC32CCN(CCC(=O)O)CC2)c(Cl)c1. The molecule has 5 rings (SSSR count). The minimum atomic E-state index is -0.726. The van der Waals surface area contributed by atoms with Gasteiger partial charge in [0.2, 0.25) is 0 Å². The first kappa shape index (κ1) is 24.0. The third-order valence-electron chi connectivity index (χ3n) is 8.08. The second-order valence-corrected chi connectivity index (χ2v) is 11.1. The van der Waals surface area contributed by atoms with E-state index in [0.717, 1.165) is 79.6 Å². The molecule has 1 saturated carbocycles. The molecule has 34 heavy (non-hydrogen) atoms. The van der Waals surface area contributed by atoms with E-state index in [2.05, 4.69) is 42.2 Å². The van der Waals surface area contributed by atoms with Gasteiger partial charge in [-0.15, -0.1) is 0 Å². The fourth-order valence-electron chi connectivity index (χ4n) is 5.89. The molecule has 0 radical (unpaired) electrons. The van der Waals surface area contributed by atoms with Crippen LogP contribution in [0, 0.1) is 0 Å². The lowest BCUT2D eigenvalue weighted by Crippen LogP contribution is -2.44. The molecule has 0 aromatic heterocycles. The average Bonchev–Trinajstić information content (AvgIpc) is 3.52. The van der Waals surface area contributed by atoms with Crippen LogP contribution in [0.3, 0.4) is 0 Å². The van der Waals surface area contributed by atoms with Crippen LogP contribution < -0.4 is 4.74 Å². The maximum atomic E-state index is 10.9. The molecule has 1 spiro atoms. The van der Waals surface area contributed by atoms with E-state index in [1.807, 2.05) is 0 Å². The van der Waals surface area contributed by atoms with Crippen molar-refractivity contribution in [2.75, 3.05) is 26.2 Å². The summed E-state index contributed by atoms with van der Waals surface area (Å²) in [6, 6.07) is 11.0. The third kappa shape index (κ3) is 4.69. The molecular weight excluding hydrogens is 469 g/mol. The Hall–Kier alpha value is -1.75. The molecule has 4 nitrogen and oxygen atoms in total. The molecule has 1 saturated heterocycles. The number of fused-ring (bicyclic) bond motifs is 2. The largest absolute Gasteiger partial charge is 0.492 e. The molecule has 3 aliphatic rings. The maximum Gasteiger partial charge on any atom is 0.304 e. The van der Waals surface area contributed by atoms with Crippen molar-refractivity contribution in [3.05, 3.63) is 62.6 Å².